The van der Waals surface area contributed by atoms with Crippen molar-refractivity contribution in [3.63, 3.8) is 0 Å². The van der Waals surface area contributed by atoms with Crippen LogP contribution in [0.5, 0.6) is 0 Å². The van der Waals surface area contributed by atoms with E-state index in [1.165, 1.54) is 7.11 Å². The third-order valence-corrected chi connectivity index (χ3v) is 2.55. The van der Waals surface area contributed by atoms with Gasteiger partial charge < -0.3 is 9.47 Å². The molecule has 0 aliphatic carbocycles. The van der Waals surface area contributed by atoms with E-state index in [0.717, 1.165) is 5.56 Å². The maximum absolute atomic E-state index is 13.8. The van der Waals surface area contributed by atoms with Crippen molar-refractivity contribution in [1.29, 1.82) is 0 Å². The number of carbonyl (C=O) groups is 1. The third kappa shape index (κ3) is 3.96. The van der Waals surface area contributed by atoms with E-state index in [9.17, 15) is 9.18 Å². The zero-order valence-electron chi connectivity index (χ0n) is 10.6. The minimum Gasteiger partial charge on any atom is -0.466 e. The van der Waals surface area contributed by atoms with Gasteiger partial charge in [0.2, 0.25) is 0 Å². The maximum Gasteiger partial charge on any atom is 0.336 e. The molecule has 0 aliphatic heterocycles. The molecule has 4 heteroatoms. The van der Waals surface area contributed by atoms with Gasteiger partial charge in [-0.15, -0.1) is 0 Å². The Morgan fingerprint density at radius 2 is 2.00 bits per heavy atom. The van der Waals surface area contributed by atoms with Crippen molar-refractivity contribution in [3.05, 3.63) is 48.0 Å². The Hall–Kier alpha value is -1.68. The molecule has 18 heavy (non-hydrogen) atoms. The largest absolute Gasteiger partial charge is 0.466 e. The summed E-state index contributed by atoms with van der Waals surface area (Å²) in [5.41, 5.74) is 0.721. The monoisotopic (exact) mass is 252 g/mol. The molecule has 1 aromatic carbocycles. The summed E-state index contributed by atoms with van der Waals surface area (Å²) in [6, 6.07) is 9.42. The van der Waals surface area contributed by atoms with Crippen LogP contribution in [0.25, 0.3) is 0 Å². The van der Waals surface area contributed by atoms with E-state index in [0.29, 0.717) is 0 Å². The van der Waals surface area contributed by atoms with Gasteiger partial charge >= 0.3 is 5.97 Å². The van der Waals surface area contributed by atoms with Gasteiger partial charge in [-0.05, 0) is 12.5 Å². The van der Waals surface area contributed by atoms with E-state index in [4.69, 9.17) is 4.74 Å². The van der Waals surface area contributed by atoms with E-state index >= 15 is 0 Å². The Kier molecular flexibility index (Phi) is 5.52. The normalized spacial score (nSPS) is 13.7. The van der Waals surface area contributed by atoms with Crippen LogP contribution in [-0.2, 0) is 20.9 Å². The van der Waals surface area contributed by atoms with Crippen LogP contribution in [0.3, 0.4) is 0 Å². The summed E-state index contributed by atoms with van der Waals surface area (Å²) in [5.74, 6) is -0.752. The minimum absolute atomic E-state index is 0.224. The Morgan fingerprint density at radius 3 is 2.56 bits per heavy atom. The summed E-state index contributed by atoms with van der Waals surface area (Å²) in [5, 5.41) is 0. The lowest BCUT2D eigenvalue weighted by atomic mass is 10.1. The highest BCUT2D eigenvalue weighted by molar-refractivity contribution is 5.88. The molecule has 0 heterocycles. The first-order valence-electron chi connectivity index (χ1n) is 5.63. The molecular formula is C14H17FO3. The molecule has 0 saturated heterocycles. The average molecular weight is 252 g/mol. The summed E-state index contributed by atoms with van der Waals surface area (Å²) >= 11 is 0. The number of halogens is 1. The number of hydrogen-bond donors (Lipinski definition) is 0. The topological polar surface area (TPSA) is 35.5 Å². The fourth-order valence-electron chi connectivity index (χ4n) is 1.41. The molecule has 2 atom stereocenters. The number of rotatable bonds is 6. The fourth-order valence-corrected chi connectivity index (χ4v) is 1.41. The van der Waals surface area contributed by atoms with Crippen LogP contribution in [0, 0.1) is 0 Å². The second-order valence-corrected chi connectivity index (χ2v) is 3.92. The van der Waals surface area contributed by atoms with E-state index in [2.05, 4.69) is 11.3 Å². The van der Waals surface area contributed by atoms with Crippen molar-refractivity contribution in [1.82, 2.24) is 0 Å². The highest BCUT2D eigenvalue weighted by Gasteiger charge is 2.25. The van der Waals surface area contributed by atoms with Crippen LogP contribution in [0.1, 0.15) is 12.5 Å². The van der Waals surface area contributed by atoms with Crippen LogP contribution in [-0.4, -0.2) is 25.4 Å². The van der Waals surface area contributed by atoms with E-state index in [1.54, 1.807) is 6.92 Å². The van der Waals surface area contributed by atoms with Gasteiger partial charge in [0.15, 0.2) is 6.17 Å². The van der Waals surface area contributed by atoms with Crippen molar-refractivity contribution < 1.29 is 18.7 Å². The summed E-state index contributed by atoms with van der Waals surface area (Å²) in [7, 11) is 1.19. The van der Waals surface area contributed by atoms with Crippen LogP contribution in [0.4, 0.5) is 4.39 Å². The van der Waals surface area contributed by atoms with Crippen molar-refractivity contribution in [3.8, 4) is 0 Å². The highest BCUT2D eigenvalue weighted by Crippen LogP contribution is 2.15. The van der Waals surface area contributed by atoms with Crippen molar-refractivity contribution in [2.45, 2.75) is 25.8 Å². The van der Waals surface area contributed by atoms with Crippen molar-refractivity contribution >= 4 is 5.97 Å². The molecule has 0 aliphatic rings. The summed E-state index contributed by atoms with van der Waals surface area (Å²) in [6.45, 7) is 5.22. The number of ether oxygens (including phenoxy) is 2. The zero-order chi connectivity index (χ0) is 13.5. The van der Waals surface area contributed by atoms with Crippen LogP contribution < -0.4 is 0 Å². The number of hydrogen-bond acceptors (Lipinski definition) is 3. The smallest absolute Gasteiger partial charge is 0.336 e. The predicted octanol–water partition coefficient (Wildman–Crippen LogP) is 2.66. The third-order valence-electron chi connectivity index (χ3n) is 2.55. The van der Waals surface area contributed by atoms with Gasteiger partial charge in [0.1, 0.15) is 0 Å². The van der Waals surface area contributed by atoms with E-state index in [-0.39, 0.29) is 12.2 Å². The summed E-state index contributed by atoms with van der Waals surface area (Å²) in [6.07, 6.45) is -2.32. The van der Waals surface area contributed by atoms with Crippen LogP contribution >= 0.6 is 0 Å². The first kappa shape index (κ1) is 14.4. The van der Waals surface area contributed by atoms with Gasteiger partial charge in [-0.2, -0.15) is 0 Å². The average Bonchev–Trinajstić information content (AvgIpc) is 2.43. The van der Waals surface area contributed by atoms with Crippen LogP contribution in [0.15, 0.2) is 42.5 Å². The fraction of sp³-hybridized carbons (Fsp3) is 0.357. The Labute approximate surface area is 106 Å². The maximum atomic E-state index is 13.8. The summed E-state index contributed by atoms with van der Waals surface area (Å²) in [4.78, 5) is 11.1. The Bertz CT molecular complexity index is 403. The van der Waals surface area contributed by atoms with Gasteiger partial charge in [0.25, 0.3) is 0 Å². The number of carbonyl (C=O) groups excluding carboxylic acids is 1. The van der Waals surface area contributed by atoms with Crippen molar-refractivity contribution in [2.75, 3.05) is 7.11 Å². The van der Waals surface area contributed by atoms with Gasteiger partial charge in [-0.25, -0.2) is 9.18 Å². The zero-order valence-corrected chi connectivity index (χ0v) is 10.6. The molecule has 0 saturated carbocycles. The Balaban J connectivity index is 2.48. The van der Waals surface area contributed by atoms with Crippen LogP contribution in [0.2, 0.25) is 0 Å². The van der Waals surface area contributed by atoms with Crippen molar-refractivity contribution in [2.24, 2.45) is 0 Å². The molecule has 0 bridgehead atoms. The molecule has 1 rings (SSSR count). The molecule has 0 radical (unpaired) electrons. The number of benzene rings is 1. The molecule has 0 N–H and O–H groups in total. The molecular weight excluding hydrogens is 235 g/mol. The molecule has 0 unspecified atom stereocenters. The summed E-state index contributed by atoms with van der Waals surface area (Å²) < 4.78 is 23.6. The SMILES string of the molecule is C=C(C(=O)OC)[C@@H](F)[C@H](C)OCc1ccccc1. The quantitative estimate of drug-likeness (QED) is 0.576. The molecule has 1 aromatic rings. The standard InChI is InChI=1S/C14H17FO3/c1-10(14(16)17-3)13(15)11(2)18-9-12-7-5-4-6-8-12/h4-8,11,13H,1,9H2,2-3H3/t11-,13+/m0/s1. The van der Waals surface area contributed by atoms with Gasteiger partial charge in [0.05, 0.1) is 25.4 Å². The minimum atomic E-state index is -1.57. The first-order chi connectivity index (χ1) is 8.56. The molecule has 0 spiro atoms. The van der Waals surface area contributed by atoms with E-state index in [1.807, 2.05) is 30.3 Å². The Morgan fingerprint density at radius 1 is 1.39 bits per heavy atom. The lowest BCUT2D eigenvalue weighted by Gasteiger charge is -2.18. The van der Waals surface area contributed by atoms with E-state index < -0.39 is 18.2 Å². The first-order valence-corrected chi connectivity index (χ1v) is 5.63. The van der Waals surface area contributed by atoms with Gasteiger partial charge in [-0.1, -0.05) is 36.9 Å². The van der Waals surface area contributed by atoms with Gasteiger partial charge in [0, 0.05) is 0 Å². The molecule has 0 fully saturated rings. The predicted molar refractivity (Wildman–Crippen MR) is 66.7 cm³/mol. The lowest BCUT2D eigenvalue weighted by molar-refractivity contribution is -0.137. The highest BCUT2D eigenvalue weighted by atomic mass is 19.1. The lowest BCUT2D eigenvalue weighted by Crippen LogP contribution is -2.27. The molecule has 3 nitrogen and oxygen atoms in total. The number of methoxy groups -OCH3 is 1. The van der Waals surface area contributed by atoms with Gasteiger partial charge in [-0.3, -0.25) is 0 Å². The second kappa shape index (κ2) is 6.91. The molecule has 98 valence electrons. The second-order valence-electron chi connectivity index (χ2n) is 3.92. The molecule has 0 aromatic heterocycles. The number of esters is 1. The number of alkyl halides is 1. The molecule has 0 amide bonds.